The summed E-state index contributed by atoms with van der Waals surface area (Å²) in [6.07, 6.45) is 0. The molecule has 0 N–H and O–H groups in total. The maximum atomic E-state index is 12.0. The van der Waals surface area contributed by atoms with Gasteiger partial charge in [-0.25, -0.2) is 4.79 Å². The molecule has 0 bridgehead atoms. The number of likely N-dealkylation sites (N-methyl/N-ethyl adjacent to an activating group) is 1. The molecule has 0 atom stereocenters. The Hall–Kier alpha value is -2.33. The van der Waals surface area contributed by atoms with Gasteiger partial charge in [0.25, 0.3) is 0 Å². The molecule has 0 spiro atoms. The third kappa shape index (κ3) is 6.19. The smallest absolute Gasteiger partial charge is 0.338 e. The minimum atomic E-state index is -0.294. The first-order chi connectivity index (χ1) is 12.3. The number of esters is 1. The molecule has 0 aliphatic rings. The van der Waals surface area contributed by atoms with Crippen LogP contribution in [0.25, 0.3) is 0 Å². The maximum absolute atomic E-state index is 12.0. The fourth-order valence-corrected chi connectivity index (χ4v) is 2.36. The molecule has 0 saturated heterocycles. The number of carbonyl (C=O) groups is 1. The minimum absolute atomic E-state index is 0.134. The van der Waals surface area contributed by atoms with Gasteiger partial charge in [0.2, 0.25) is 0 Å². The van der Waals surface area contributed by atoms with Crippen molar-refractivity contribution in [2.45, 2.75) is 32.8 Å². The summed E-state index contributed by atoms with van der Waals surface area (Å²) in [6.45, 7) is 8.14. The van der Waals surface area contributed by atoms with Crippen LogP contribution in [0, 0.1) is 0 Å². The molecule has 140 valence electrons. The second-order valence-electron chi connectivity index (χ2n) is 7.70. The predicted octanol–water partition coefficient (Wildman–Crippen LogP) is 4.28. The molecule has 4 heteroatoms. The van der Waals surface area contributed by atoms with Crippen LogP contribution in [0.2, 0.25) is 0 Å². The van der Waals surface area contributed by atoms with Crippen molar-refractivity contribution in [1.29, 1.82) is 0 Å². The summed E-state index contributed by atoms with van der Waals surface area (Å²) in [7, 11) is 3.89. The van der Waals surface area contributed by atoms with Gasteiger partial charge in [-0.15, -0.1) is 0 Å². The van der Waals surface area contributed by atoms with Crippen LogP contribution in [0.3, 0.4) is 0 Å². The van der Waals surface area contributed by atoms with Gasteiger partial charge in [-0.05, 0) is 54.9 Å². The van der Waals surface area contributed by atoms with Crippen molar-refractivity contribution in [1.82, 2.24) is 4.90 Å². The summed E-state index contributed by atoms with van der Waals surface area (Å²) < 4.78 is 11.1. The molecule has 0 aliphatic carbocycles. The Bertz CT molecular complexity index is 698. The highest BCUT2D eigenvalue weighted by atomic mass is 16.5. The first-order valence-electron chi connectivity index (χ1n) is 8.90. The van der Waals surface area contributed by atoms with Gasteiger partial charge < -0.3 is 14.4 Å². The number of rotatable bonds is 7. The number of hydrogen-bond acceptors (Lipinski definition) is 4. The standard InChI is InChI=1S/C22H29NO3/c1-22(2,3)19-10-12-20(13-11-19)26-16-17-6-8-18(9-7-17)21(24)25-15-14-23(4)5/h6-13H,14-16H2,1-5H3. The van der Waals surface area contributed by atoms with E-state index in [2.05, 4.69) is 32.9 Å². The molecule has 0 fully saturated rings. The Balaban J connectivity index is 1.86. The Morgan fingerprint density at radius 3 is 2.12 bits per heavy atom. The molecule has 2 aromatic rings. The van der Waals surface area contributed by atoms with Gasteiger partial charge in [0.15, 0.2) is 0 Å². The Morgan fingerprint density at radius 1 is 0.962 bits per heavy atom. The van der Waals surface area contributed by atoms with Crippen LogP contribution in [-0.2, 0) is 16.8 Å². The van der Waals surface area contributed by atoms with Crippen LogP contribution < -0.4 is 4.74 Å². The van der Waals surface area contributed by atoms with Crippen molar-refractivity contribution in [3.05, 3.63) is 65.2 Å². The molecule has 0 unspecified atom stereocenters. The van der Waals surface area contributed by atoms with E-state index in [4.69, 9.17) is 9.47 Å². The normalized spacial score (nSPS) is 11.5. The first kappa shape index (κ1) is 20.0. The zero-order valence-corrected chi connectivity index (χ0v) is 16.4. The van der Waals surface area contributed by atoms with Crippen LogP contribution >= 0.6 is 0 Å². The van der Waals surface area contributed by atoms with Crippen molar-refractivity contribution in [3.63, 3.8) is 0 Å². The fraction of sp³-hybridized carbons (Fsp3) is 0.409. The third-order valence-corrected chi connectivity index (χ3v) is 4.09. The van der Waals surface area contributed by atoms with E-state index < -0.39 is 0 Å². The van der Waals surface area contributed by atoms with E-state index >= 15 is 0 Å². The van der Waals surface area contributed by atoms with Crippen molar-refractivity contribution >= 4 is 5.97 Å². The molecule has 0 aliphatic heterocycles. The van der Waals surface area contributed by atoms with Gasteiger partial charge in [-0.2, -0.15) is 0 Å². The second-order valence-corrected chi connectivity index (χ2v) is 7.70. The lowest BCUT2D eigenvalue weighted by Gasteiger charge is -2.19. The highest BCUT2D eigenvalue weighted by Gasteiger charge is 2.13. The Labute approximate surface area is 156 Å². The molecule has 0 saturated carbocycles. The summed E-state index contributed by atoms with van der Waals surface area (Å²) in [6, 6.07) is 15.5. The average Bonchev–Trinajstić information content (AvgIpc) is 2.59. The lowest BCUT2D eigenvalue weighted by atomic mass is 9.87. The summed E-state index contributed by atoms with van der Waals surface area (Å²) >= 11 is 0. The van der Waals surface area contributed by atoms with Crippen molar-refractivity contribution < 1.29 is 14.3 Å². The van der Waals surface area contributed by atoms with Gasteiger partial charge in [0, 0.05) is 6.54 Å². The van der Waals surface area contributed by atoms with E-state index in [9.17, 15) is 4.79 Å². The van der Waals surface area contributed by atoms with Gasteiger partial charge in [-0.1, -0.05) is 45.0 Å². The molecule has 0 aromatic heterocycles. The van der Waals surface area contributed by atoms with Crippen LogP contribution in [-0.4, -0.2) is 38.1 Å². The molecule has 0 radical (unpaired) electrons. The Morgan fingerprint density at radius 2 is 1.58 bits per heavy atom. The number of nitrogens with zero attached hydrogens (tertiary/aromatic N) is 1. The molecular formula is C22H29NO3. The lowest BCUT2D eigenvalue weighted by Crippen LogP contribution is -2.20. The van der Waals surface area contributed by atoms with Crippen molar-refractivity contribution in [2.75, 3.05) is 27.2 Å². The largest absolute Gasteiger partial charge is 0.489 e. The lowest BCUT2D eigenvalue weighted by molar-refractivity contribution is 0.0482. The van der Waals surface area contributed by atoms with Gasteiger partial charge in [-0.3, -0.25) is 0 Å². The fourth-order valence-electron chi connectivity index (χ4n) is 2.36. The Kier molecular flexibility index (Phi) is 6.81. The molecule has 0 amide bonds. The van der Waals surface area contributed by atoms with E-state index in [1.54, 1.807) is 12.1 Å². The zero-order valence-electron chi connectivity index (χ0n) is 16.4. The summed E-state index contributed by atoms with van der Waals surface area (Å²) in [5.74, 6) is 0.544. The zero-order chi connectivity index (χ0) is 19.2. The summed E-state index contributed by atoms with van der Waals surface area (Å²) in [5.41, 5.74) is 2.98. The van der Waals surface area contributed by atoms with Crippen molar-refractivity contribution in [3.8, 4) is 5.75 Å². The van der Waals surface area contributed by atoms with E-state index in [1.807, 2.05) is 43.3 Å². The highest BCUT2D eigenvalue weighted by molar-refractivity contribution is 5.89. The van der Waals surface area contributed by atoms with Gasteiger partial charge >= 0.3 is 5.97 Å². The van der Waals surface area contributed by atoms with Crippen LogP contribution in [0.5, 0.6) is 5.75 Å². The number of benzene rings is 2. The molecule has 0 heterocycles. The van der Waals surface area contributed by atoms with Crippen molar-refractivity contribution in [2.24, 2.45) is 0 Å². The van der Waals surface area contributed by atoms with E-state index in [0.717, 1.165) is 11.3 Å². The first-order valence-corrected chi connectivity index (χ1v) is 8.90. The maximum Gasteiger partial charge on any atom is 0.338 e. The van der Waals surface area contributed by atoms with Crippen LogP contribution in [0.4, 0.5) is 0 Å². The minimum Gasteiger partial charge on any atom is -0.489 e. The number of hydrogen-bond donors (Lipinski definition) is 0. The summed E-state index contributed by atoms with van der Waals surface area (Å²) in [5, 5.41) is 0. The quantitative estimate of drug-likeness (QED) is 0.695. The van der Waals surface area contributed by atoms with E-state index in [1.165, 1.54) is 5.56 Å². The SMILES string of the molecule is CN(C)CCOC(=O)c1ccc(COc2ccc(C(C)(C)C)cc2)cc1. The monoisotopic (exact) mass is 355 g/mol. The average molecular weight is 355 g/mol. The van der Waals surface area contributed by atoms with E-state index in [0.29, 0.717) is 25.3 Å². The number of carbonyl (C=O) groups excluding carboxylic acids is 1. The third-order valence-electron chi connectivity index (χ3n) is 4.09. The second kappa shape index (κ2) is 8.86. The predicted molar refractivity (Wildman–Crippen MR) is 105 cm³/mol. The van der Waals surface area contributed by atoms with Gasteiger partial charge in [0.1, 0.15) is 19.0 Å². The van der Waals surface area contributed by atoms with Gasteiger partial charge in [0.05, 0.1) is 5.56 Å². The van der Waals surface area contributed by atoms with E-state index in [-0.39, 0.29) is 11.4 Å². The van der Waals surface area contributed by atoms with Crippen LogP contribution in [0.15, 0.2) is 48.5 Å². The number of ether oxygens (including phenoxy) is 2. The summed E-state index contributed by atoms with van der Waals surface area (Å²) in [4.78, 5) is 13.9. The highest BCUT2D eigenvalue weighted by Crippen LogP contribution is 2.24. The topological polar surface area (TPSA) is 38.8 Å². The molecule has 2 aromatic carbocycles. The van der Waals surface area contributed by atoms with Crippen LogP contribution in [0.1, 0.15) is 42.3 Å². The molecule has 4 nitrogen and oxygen atoms in total. The molecule has 2 rings (SSSR count). The molecular weight excluding hydrogens is 326 g/mol. The molecule has 26 heavy (non-hydrogen) atoms.